The van der Waals surface area contributed by atoms with Gasteiger partial charge in [-0.15, -0.1) is 0 Å². The molecule has 0 radical (unpaired) electrons. The molecule has 0 fully saturated rings. The van der Waals surface area contributed by atoms with E-state index in [0.29, 0.717) is 10.6 Å². The van der Waals surface area contributed by atoms with Crippen LogP contribution in [0.1, 0.15) is 30.6 Å². The van der Waals surface area contributed by atoms with Gasteiger partial charge >= 0.3 is 0 Å². The average Bonchev–Trinajstić information content (AvgIpc) is 2.51. The molecule has 1 aromatic carbocycles. The lowest BCUT2D eigenvalue weighted by Crippen LogP contribution is -2.51. The predicted molar refractivity (Wildman–Crippen MR) is 86.9 cm³/mol. The van der Waals surface area contributed by atoms with Crippen molar-refractivity contribution >= 4 is 23.4 Å². The fraction of sp³-hybridized carbons (Fsp3) is 0.500. The Morgan fingerprint density at radius 1 is 1.32 bits per heavy atom. The summed E-state index contributed by atoms with van der Waals surface area (Å²) in [5.41, 5.74) is 0.454. The fourth-order valence-electron chi connectivity index (χ4n) is 2.01. The second-order valence-electron chi connectivity index (χ2n) is 5.33. The number of nitrogens with one attached hydrogen (secondary N) is 1. The van der Waals surface area contributed by atoms with Crippen LogP contribution in [-0.2, 0) is 4.79 Å². The molecule has 2 atom stereocenters. The Labute approximate surface area is 136 Å². The molecular weight excluding hydrogens is 304 g/mol. The zero-order valence-electron chi connectivity index (χ0n) is 13.2. The lowest BCUT2D eigenvalue weighted by molar-refractivity contribution is -0.133. The molecular formula is C16H23ClN2O3. The summed E-state index contributed by atoms with van der Waals surface area (Å²) in [6.07, 6.45) is 0.754. The number of aliphatic hydroxyl groups is 1. The number of amides is 2. The van der Waals surface area contributed by atoms with Crippen LogP contribution < -0.4 is 5.32 Å². The zero-order chi connectivity index (χ0) is 16.7. The van der Waals surface area contributed by atoms with Crippen molar-refractivity contribution in [2.45, 2.75) is 26.3 Å². The van der Waals surface area contributed by atoms with Crippen molar-refractivity contribution in [2.24, 2.45) is 5.92 Å². The van der Waals surface area contributed by atoms with Crippen LogP contribution in [0, 0.1) is 5.92 Å². The van der Waals surface area contributed by atoms with Crippen LogP contribution in [-0.4, -0.2) is 48.1 Å². The van der Waals surface area contributed by atoms with Crippen molar-refractivity contribution in [1.29, 1.82) is 0 Å². The number of likely N-dealkylation sites (N-methyl/N-ethyl adjacent to an activating group) is 1. The summed E-state index contributed by atoms with van der Waals surface area (Å²) < 4.78 is 0. The second kappa shape index (κ2) is 8.76. The molecule has 2 unspecified atom stereocenters. The van der Waals surface area contributed by atoms with E-state index >= 15 is 0 Å². The molecule has 0 aliphatic rings. The van der Waals surface area contributed by atoms with Crippen molar-refractivity contribution < 1.29 is 14.7 Å². The highest BCUT2D eigenvalue weighted by Crippen LogP contribution is 2.13. The molecule has 0 saturated heterocycles. The minimum atomic E-state index is -0.621. The van der Waals surface area contributed by atoms with Crippen LogP contribution in [0.15, 0.2) is 24.3 Å². The van der Waals surface area contributed by atoms with Crippen LogP contribution in [0.5, 0.6) is 0 Å². The molecule has 1 aromatic rings. The minimum Gasteiger partial charge on any atom is -0.395 e. The first kappa shape index (κ1) is 18.5. The molecule has 0 bridgehead atoms. The predicted octanol–water partition coefficient (Wildman–Crippen LogP) is 1.94. The molecule has 5 nitrogen and oxygen atoms in total. The number of benzene rings is 1. The van der Waals surface area contributed by atoms with Gasteiger partial charge in [-0.25, -0.2) is 0 Å². The smallest absolute Gasteiger partial charge is 0.251 e. The van der Waals surface area contributed by atoms with Crippen molar-refractivity contribution in [3.05, 3.63) is 34.9 Å². The molecule has 22 heavy (non-hydrogen) atoms. The monoisotopic (exact) mass is 326 g/mol. The molecule has 1 rings (SSSR count). The van der Waals surface area contributed by atoms with E-state index in [9.17, 15) is 9.59 Å². The number of rotatable bonds is 7. The largest absolute Gasteiger partial charge is 0.395 e. The topological polar surface area (TPSA) is 69.6 Å². The molecule has 122 valence electrons. The first-order chi connectivity index (χ1) is 10.4. The van der Waals surface area contributed by atoms with Gasteiger partial charge in [0.25, 0.3) is 5.91 Å². The van der Waals surface area contributed by atoms with Gasteiger partial charge in [-0.1, -0.05) is 31.9 Å². The van der Waals surface area contributed by atoms with Gasteiger partial charge < -0.3 is 15.3 Å². The molecule has 2 amide bonds. The Bertz CT molecular complexity index is 505. The molecule has 0 heterocycles. The van der Waals surface area contributed by atoms with Crippen LogP contribution in [0.25, 0.3) is 0 Å². The molecule has 6 heteroatoms. The summed E-state index contributed by atoms with van der Waals surface area (Å²) in [7, 11) is 1.61. The second-order valence-corrected chi connectivity index (χ2v) is 5.76. The molecule has 0 aliphatic heterocycles. The molecule has 0 aromatic heterocycles. The Morgan fingerprint density at radius 2 is 1.91 bits per heavy atom. The quantitative estimate of drug-likeness (QED) is 0.804. The lowest BCUT2D eigenvalue weighted by atomic mass is 9.97. The third-order valence-electron chi connectivity index (χ3n) is 3.68. The van der Waals surface area contributed by atoms with E-state index in [2.05, 4.69) is 5.32 Å². The Morgan fingerprint density at radius 3 is 2.41 bits per heavy atom. The maximum absolute atomic E-state index is 12.4. The number of halogens is 1. The van der Waals surface area contributed by atoms with Crippen LogP contribution in [0.4, 0.5) is 0 Å². The Kier molecular flexibility index (Phi) is 7.35. The zero-order valence-corrected chi connectivity index (χ0v) is 13.9. The van der Waals surface area contributed by atoms with E-state index in [-0.39, 0.29) is 30.9 Å². The number of carbonyl (C=O) groups is 2. The van der Waals surface area contributed by atoms with Gasteiger partial charge in [0.05, 0.1) is 6.61 Å². The summed E-state index contributed by atoms with van der Waals surface area (Å²) in [6, 6.07) is 5.88. The number of carbonyl (C=O) groups excluding carboxylic acids is 2. The maximum atomic E-state index is 12.4. The van der Waals surface area contributed by atoms with E-state index in [0.717, 1.165) is 6.42 Å². The van der Waals surface area contributed by atoms with Gasteiger partial charge in [0, 0.05) is 24.2 Å². The number of nitrogens with zero attached hydrogens (tertiary/aromatic N) is 1. The van der Waals surface area contributed by atoms with E-state index in [1.54, 1.807) is 31.3 Å². The standard InChI is InChI=1S/C16H23ClN2O3/c1-4-11(2)14(16(22)19(3)9-10-20)18-15(21)12-5-7-13(17)8-6-12/h5-8,11,14,20H,4,9-10H2,1-3H3,(H,18,21). The summed E-state index contributed by atoms with van der Waals surface area (Å²) in [4.78, 5) is 26.2. The number of hydrogen-bond donors (Lipinski definition) is 2. The number of aliphatic hydroxyl groups excluding tert-OH is 1. The summed E-state index contributed by atoms with van der Waals surface area (Å²) in [6.45, 7) is 4.01. The average molecular weight is 327 g/mol. The highest BCUT2D eigenvalue weighted by Gasteiger charge is 2.28. The van der Waals surface area contributed by atoms with Gasteiger partial charge in [-0.05, 0) is 30.2 Å². The highest BCUT2D eigenvalue weighted by molar-refractivity contribution is 6.30. The third-order valence-corrected chi connectivity index (χ3v) is 3.94. The van der Waals surface area contributed by atoms with Gasteiger partial charge in [-0.2, -0.15) is 0 Å². The minimum absolute atomic E-state index is 0.00936. The Balaban J connectivity index is 2.86. The van der Waals surface area contributed by atoms with E-state index in [1.165, 1.54) is 4.90 Å². The molecule has 0 saturated carbocycles. The van der Waals surface area contributed by atoms with Crippen LogP contribution in [0.2, 0.25) is 5.02 Å². The van der Waals surface area contributed by atoms with Gasteiger partial charge in [0.15, 0.2) is 0 Å². The van der Waals surface area contributed by atoms with Gasteiger partial charge in [0.2, 0.25) is 5.91 Å². The Hall–Kier alpha value is -1.59. The first-order valence-electron chi connectivity index (χ1n) is 7.33. The van der Waals surface area contributed by atoms with Gasteiger partial charge in [0.1, 0.15) is 6.04 Å². The van der Waals surface area contributed by atoms with Crippen LogP contribution in [0.3, 0.4) is 0 Å². The van der Waals surface area contributed by atoms with E-state index in [4.69, 9.17) is 16.7 Å². The first-order valence-corrected chi connectivity index (χ1v) is 7.70. The maximum Gasteiger partial charge on any atom is 0.251 e. The van der Waals surface area contributed by atoms with Crippen molar-refractivity contribution in [2.75, 3.05) is 20.2 Å². The van der Waals surface area contributed by atoms with E-state index < -0.39 is 6.04 Å². The van der Waals surface area contributed by atoms with Gasteiger partial charge in [-0.3, -0.25) is 9.59 Å². The summed E-state index contributed by atoms with van der Waals surface area (Å²) >= 11 is 5.81. The normalized spacial score (nSPS) is 13.3. The van der Waals surface area contributed by atoms with Crippen molar-refractivity contribution in [3.63, 3.8) is 0 Å². The third kappa shape index (κ3) is 5.00. The fourth-order valence-corrected chi connectivity index (χ4v) is 2.13. The molecule has 2 N–H and O–H groups in total. The van der Waals surface area contributed by atoms with Crippen molar-refractivity contribution in [3.8, 4) is 0 Å². The van der Waals surface area contributed by atoms with E-state index in [1.807, 2.05) is 13.8 Å². The molecule has 0 spiro atoms. The summed E-state index contributed by atoms with van der Waals surface area (Å²) in [5.74, 6) is -0.525. The summed E-state index contributed by atoms with van der Waals surface area (Å²) in [5, 5.41) is 12.3. The number of hydrogen-bond acceptors (Lipinski definition) is 3. The SMILES string of the molecule is CCC(C)C(NC(=O)c1ccc(Cl)cc1)C(=O)N(C)CCO. The highest BCUT2D eigenvalue weighted by atomic mass is 35.5. The van der Waals surface area contributed by atoms with Crippen LogP contribution >= 0.6 is 11.6 Å². The lowest BCUT2D eigenvalue weighted by Gasteiger charge is -2.28. The van der Waals surface area contributed by atoms with Crippen molar-refractivity contribution in [1.82, 2.24) is 10.2 Å². The molecule has 0 aliphatic carbocycles.